The van der Waals surface area contributed by atoms with E-state index >= 15 is 0 Å². The molecule has 0 amide bonds. The summed E-state index contributed by atoms with van der Waals surface area (Å²) in [5.74, 6) is 0. The number of nitrogens with one attached hydrogen (secondary N) is 1. The van der Waals surface area contributed by atoms with Crippen molar-refractivity contribution in [3.8, 4) is 0 Å². The van der Waals surface area contributed by atoms with E-state index in [1.54, 1.807) is 11.3 Å². The SMILES string of the molecule is Cn1nccc1CCNCc1nc2ccccc2s1. The van der Waals surface area contributed by atoms with Gasteiger partial charge in [-0.25, -0.2) is 4.98 Å². The first-order valence-corrected chi connectivity index (χ1v) is 7.16. The number of thiazole rings is 1. The number of para-hydroxylation sites is 1. The van der Waals surface area contributed by atoms with E-state index in [0.717, 1.165) is 30.0 Å². The number of aryl methyl sites for hydroxylation is 1. The van der Waals surface area contributed by atoms with Crippen LogP contribution in [0.1, 0.15) is 10.7 Å². The zero-order valence-electron chi connectivity index (χ0n) is 10.8. The Balaban J connectivity index is 1.53. The third-order valence-electron chi connectivity index (χ3n) is 3.09. The Morgan fingerprint density at radius 2 is 2.16 bits per heavy atom. The van der Waals surface area contributed by atoms with Crippen molar-refractivity contribution >= 4 is 21.6 Å². The van der Waals surface area contributed by atoms with Gasteiger partial charge in [0.15, 0.2) is 0 Å². The van der Waals surface area contributed by atoms with Crippen LogP contribution >= 0.6 is 11.3 Å². The van der Waals surface area contributed by atoms with E-state index in [2.05, 4.69) is 39.7 Å². The van der Waals surface area contributed by atoms with E-state index in [1.165, 1.54) is 10.4 Å². The largest absolute Gasteiger partial charge is 0.310 e. The Morgan fingerprint density at radius 3 is 2.95 bits per heavy atom. The van der Waals surface area contributed by atoms with Crippen molar-refractivity contribution < 1.29 is 0 Å². The summed E-state index contributed by atoms with van der Waals surface area (Å²) >= 11 is 1.76. The number of benzene rings is 1. The highest BCUT2D eigenvalue weighted by molar-refractivity contribution is 7.18. The van der Waals surface area contributed by atoms with Gasteiger partial charge in [0.05, 0.1) is 10.2 Å². The average molecular weight is 272 g/mol. The Kier molecular flexibility index (Phi) is 3.57. The molecule has 0 atom stereocenters. The topological polar surface area (TPSA) is 42.7 Å². The lowest BCUT2D eigenvalue weighted by molar-refractivity contribution is 0.642. The average Bonchev–Trinajstić information content (AvgIpc) is 3.00. The summed E-state index contributed by atoms with van der Waals surface area (Å²) in [6.07, 6.45) is 2.82. The quantitative estimate of drug-likeness (QED) is 0.725. The molecule has 2 heterocycles. The van der Waals surface area contributed by atoms with Crippen LogP contribution in [0.15, 0.2) is 36.5 Å². The second-order valence-corrected chi connectivity index (χ2v) is 5.56. The van der Waals surface area contributed by atoms with Crippen molar-refractivity contribution in [1.82, 2.24) is 20.1 Å². The summed E-state index contributed by atoms with van der Waals surface area (Å²) in [4.78, 5) is 4.60. The first-order valence-electron chi connectivity index (χ1n) is 6.35. The predicted octanol–water partition coefficient (Wildman–Crippen LogP) is 2.36. The van der Waals surface area contributed by atoms with Crippen LogP contribution in [0.4, 0.5) is 0 Å². The van der Waals surface area contributed by atoms with Crippen LogP contribution in [0.2, 0.25) is 0 Å². The maximum Gasteiger partial charge on any atom is 0.108 e. The molecule has 0 aliphatic heterocycles. The van der Waals surface area contributed by atoms with Gasteiger partial charge in [0, 0.05) is 38.4 Å². The lowest BCUT2D eigenvalue weighted by Crippen LogP contribution is -2.17. The fourth-order valence-electron chi connectivity index (χ4n) is 2.05. The molecule has 3 aromatic rings. The zero-order chi connectivity index (χ0) is 13.1. The molecule has 4 nitrogen and oxygen atoms in total. The second kappa shape index (κ2) is 5.50. The molecule has 0 bridgehead atoms. The van der Waals surface area contributed by atoms with Gasteiger partial charge in [-0.1, -0.05) is 12.1 Å². The summed E-state index contributed by atoms with van der Waals surface area (Å²) in [5, 5.41) is 8.74. The molecule has 2 aromatic heterocycles. The van der Waals surface area contributed by atoms with E-state index in [9.17, 15) is 0 Å². The molecule has 1 aromatic carbocycles. The van der Waals surface area contributed by atoms with Crippen LogP contribution in [-0.4, -0.2) is 21.3 Å². The van der Waals surface area contributed by atoms with Gasteiger partial charge in [-0.3, -0.25) is 4.68 Å². The standard InChI is InChI=1S/C14H16N4S/c1-18-11(7-9-16-18)6-8-15-10-14-17-12-4-2-3-5-13(12)19-14/h2-5,7,9,15H,6,8,10H2,1H3. The lowest BCUT2D eigenvalue weighted by atomic mass is 10.3. The Morgan fingerprint density at radius 1 is 1.26 bits per heavy atom. The first-order chi connectivity index (χ1) is 9.33. The van der Waals surface area contributed by atoms with Gasteiger partial charge in [0.2, 0.25) is 0 Å². The molecule has 0 unspecified atom stereocenters. The molecule has 19 heavy (non-hydrogen) atoms. The monoisotopic (exact) mass is 272 g/mol. The number of hydrogen-bond acceptors (Lipinski definition) is 4. The Hall–Kier alpha value is -1.72. The number of nitrogens with zero attached hydrogens (tertiary/aromatic N) is 3. The third kappa shape index (κ3) is 2.83. The Labute approximate surface area is 116 Å². The molecular weight excluding hydrogens is 256 g/mol. The molecule has 1 N–H and O–H groups in total. The maximum atomic E-state index is 4.60. The fraction of sp³-hybridized carbons (Fsp3) is 0.286. The Bertz CT molecular complexity index is 638. The molecule has 3 rings (SSSR count). The minimum absolute atomic E-state index is 0.831. The molecule has 0 aliphatic rings. The normalized spacial score (nSPS) is 11.2. The van der Waals surface area contributed by atoms with Gasteiger partial charge < -0.3 is 5.32 Å². The molecule has 0 fully saturated rings. The highest BCUT2D eigenvalue weighted by Crippen LogP contribution is 2.21. The number of hydrogen-bond donors (Lipinski definition) is 1. The summed E-state index contributed by atoms with van der Waals surface area (Å²) in [7, 11) is 1.98. The third-order valence-corrected chi connectivity index (χ3v) is 4.13. The van der Waals surface area contributed by atoms with Crippen LogP contribution in [0.25, 0.3) is 10.2 Å². The molecule has 0 aliphatic carbocycles. The van der Waals surface area contributed by atoms with Crippen LogP contribution in [0, 0.1) is 0 Å². The first kappa shape index (κ1) is 12.3. The van der Waals surface area contributed by atoms with Gasteiger partial charge >= 0.3 is 0 Å². The van der Waals surface area contributed by atoms with Crippen LogP contribution in [0.3, 0.4) is 0 Å². The van der Waals surface area contributed by atoms with Crippen molar-refractivity contribution in [3.63, 3.8) is 0 Å². The summed E-state index contributed by atoms with van der Waals surface area (Å²) in [5.41, 5.74) is 2.34. The predicted molar refractivity (Wildman–Crippen MR) is 78.2 cm³/mol. The van der Waals surface area contributed by atoms with E-state index in [-0.39, 0.29) is 0 Å². The molecule has 0 saturated carbocycles. The van der Waals surface area contributed by atoms with Crippen molar-refractivity contribution in [2.24, 2.45) is 7.05 Å². The van der Waals surface area contributed by atoms with Crippen molar-refractivity contribution in [2.75, 3.05) is 6.54 Å². The zero-order valence-corrected chi connectivity index (χ0v) is 11.7. The molecule has 0 radical (unpaired) electrons. The van der Waals surface area contributed by atoms with E-state index in [0.29, 0.717) is 0 Å². The highest BCUT2D eigenvalue weighted by Gasteiger charge is 2.03. The van der Waals surface area contributed by atoms with Crippen LogP contribution in [-0.2, 0) is 20.0 Å². The van der Waals surface area contributed by atoms with Gasteiger partial charge in [-0.2, -0.15) is 5.10 Å². The van der Waals surface area contributed by atoms with Gasteiger partial charge in [-0.15, -0.1) is 11.3 Å². The molecular formula is C14H16N4S. The molecule has 0 spiro atoms. The maximum absolute atomic E-state index is 4.60. The number of aromatic nitrogens is 3. The van der Waals surface area contributed by atoms with E-state index in [4.69, 9.17) is 0 Å². The minimum atomic E-state index is 0.831. The van der Waals surface area contributed by atoms with Crippen LogP contribution in [0.5, 0.6) is 0 Å². The second-order valence-electron chi connectivity index (χ2n) is 4.45. The van der Waals surface area contributed by atoms with Crippen molar-refractivity contribution in [2.45, 2.75) is 13.0 Å². The summed E-state index contributed by atoms with van der Waals surface area (Å²) < 4.78 is 3.17. The molecule has 5 heteroatoms. The summed E-state index contributed by atoms with van der Waals surface area (Å²) in [6.45, 7) is 1.77. The van der Waals surface area contributed by atoms with Gasteiger partial charge in [0.1, 0.15) is 5.01 Å². The fourth-order valence-corrected chi connectivity index (χ4v) is 2.99. The van der Waals surface area contributed by atoms with Gasteiger partial charge in [-0.05, 0) is 18.2 Å². The molecule has 0 saturated heterocycles. The van der Waals surface area contributed by atoms with E-state index in [1.807, 2.05) is 24.0 Å². The van der Waals surface area contributed by atoms with Crippen LogP contribution < -0.4 is 5.32 Å². The van der Waals surface area contributed by atoms with Gasteiger partial charge in [0.25, 0.3) is 0 Å². The lowest BCUT2D eigenvalue weighted by Gasteiger charge is -2.03. The number of rotatable bonds is 5. The highest BCUT2D eigenvalue weighted by atomic mass is 32.1. The number of fused-ring (bicyclic) bond motifs is 1. The van der Waals surface area contributed by atoms with Crippen molar-refractivity contribution in [3.05, 3.63) is 47.2 Å². The van der Waals surface area contributed by atoms with E-state index < -0.39 is 0 Å². The summed E-state index contributed by atoms with van der Waals surface area (Å²) in [6, 6.07) is 10.3. The van der Waals surface area contributed by atoms with Crippen molar-refractivity contribution in [1.29, 1.82) is 0 Å². The molecule has 98 valence electrons. The minimum Gasteiger partial charge on any atom is -0.310 e. The smallest absolute Gasteiger partial charge is 0.108 e.